The molecular weight excluding hydrogens is 278 g/mol. The molecule has 5 nitrogen and oxygen atoms in total. The first-order chi connectivity index (χ1) is 10.7. The highest BCUT2D eigenvalue weighted by Gasteiger charge is 2.28. The van der Waals surface area contributed by atoms with Gasteiger partial charge >= 0.3 is 0 Å². The molecule has 5 heteroatoms. The van der Waals surface area contributed by atoms with Crippen LogP contribution in [-0.4, -0.2) is 41.6 Å². The van der Waals surface area contributed by atoms with Gasteiger partial charge in [0.05, 0.1) is 0 Å². The summed E-state index contributed by atoms with van der Waals surface area (Å²) < 4.78 is 0. The molecule has 1 fully saturated rings. The minimum absolute atomic E-state index is 0.165. The Labute approximate surface area is 130 Å². The number of likely N-dealkylation sites (tertiary alicyclic amines) is 1. The molecule has 22 heavy (non-hydrogen) atoms. The maximum Gasteiger partial charge on any atom is 0.276 e. The minimum atomic E-state index is -0.165. The van der Waals surface area contributed by atoms with E-state index < -0.39 is 0 Å². The lowest BCUT2D eigenvalue weighted by Gasteiger charge is -2.32. The van der Waals surface area contributed by atoms with Crippen molar-refractivity contribution in [2.45, 2.75) is 19.8 Å². The summed E-state index contributed by atoms with van der Waals surface area (Å²) in [4.78, 5) is 18.6. The Kier molecular flexibility index (Phi) is 4.24. The van der Waals surface area contributed by atoms with Crippen molar-refractivity contribution in [3.63, 3.8) is 0 Å². The van der Waals surface area contributed by atoms with Gasteiger partial charge in [0, 0.05) is 19.7 Å². The minimum Gasteiger partial charge on any atom is -0.396 e. The highest BCUT2D eigenvalue weighted by Crippen LogP contribution is 2.19. The van der Waals surface area contributed by atoms with Crippen molar-refractivity contribution in [1.82, 2.24) is 10.2 Å². The zero-order valence-electron chi connectivity index (χ0n) is 12.7. The average Bonchev–Trinajstić information content (AvgIpc) is 2.91. The van der Waals surface area contributed by atoms with Gasteiger partial charge in [0.1, 0.15) is 5.70 Å². The number of aryl methyl sites for hydroxylation is 1. The Bertz CT molecular complexity index is 619. The van der Waals surface area contributed by atoms with Crippen LogP contribution in [0.4, 0.5) is 0 Å². The van der Waals surface area contributed by atoms with E-state index in [-0.39, 0.29) is 18.4 Å². The molecule has 3 rings (SSSR count). The molecule has 1 saturated heterocycles. The van der Waals surface area contributed by atoms with E-state index in [2.05, 4.69) is 15.2 Å². The molecule has 0 saturated carbocycles. The SMILES string of the molecule is Cc1ccc(/C=C2/N=C(N3CCC[C@@H](CO)C3)NC2=O)cc1. The summed E-state index contributed by atoms with van der Waals surface area (Å²) in [5, 5.41) is 12.1. The highest BCUT2D eigenvalue weighted by molar-refractivity contribution is 6.13. The van der Waals surface area contributed by atoms with Gasteiger partial charge in [-0.3, -0.25) is 10.1 Å². The van der Waals surface area contributed by atoms with Crippen LogP contribution < -0.4 is 5.32 Å². The van der Waals surface area contributed by atoms with Crippen LogP contribution in [0.3, 0.4) is 0 Å². The van der Waals surface area contributed by atoms with Crippen molar-refractivity contribution in [2.75, 3.05) is 19.7 Å². The number of nitrogens with zero attached hydrogens (tertiary/aromatic N) is 2. The summed E-state index contributed by atoms with van der Waals surface area (Å²) in [6.45, 7) is 3.83. The molecule has 116 valence electrons. The third-order valence-corrected chi connectivity index (χ3v) is 4.14. The van der Waals surface area contributed by atoms with Gasteiger partial charge in [-0.25, -0.2) is 4.99 Å². The zero-order valence-corrected chi connectivity index (χ0v) is 12.7. The van der Waals surface area contributed by atoms with Crippen LogP contribution in [-0.2, 0) is 4.79 Å². The predicted octanol–water partition coefficient (Wildman–Crippen LogP) is 1.53. The Morgan fingerprint density at radius 1 is 1.41 bits per heavy atom. The lowest BCUT2D eigenvalue weighted by Crippen LogP contribution is -2.46. The van der Waals surface area contributed by atoms with Gasteiger partial charge in [-0.05, 0) is 37.3 Å². The number of rotatable bonds is 2. The van der Waals surface area contributed by atoms with E-state index >= 15 is 0 Å². The normalized spacial score (nSPS) is 23.6. The summed E-state index contributed by atoms with van der Waals surface area (Å²) in [6, 6.07) is 7.98. The molecule has 1 aromatic rings. The summed E-state index contributed by atoms with van der Waals surface area (Å²) in [5.74, 6) is 0.710. The van der Waals surface area contributed by atoms with Gasteiger partial charge in [-0.2, -0.15) is 0 Å². The van der Waals surface area contributed by atoms with Crippen molar-refractivity contribution >= 4 is 17.9 Å². The zero-order chi connectivity index (χ0) is 15.5. The molecule has 1 aromatic carbocycles. The fraction of sp³-hybridized carbons (Fsp3) is 0.412. The molecule has 1 amide bonds. The first kappa shape index (κ1) is 14.8. The third kappa shape index (κ3) is 3.20. The molecule has 1 atom stereocenters. The quantitative estimate of drug-likeness (QED) is 0.814. The van der Waals surface area contributed by atoms with Gasteiger partial charge in [0.15, 0.2) is 0 Å². The number of piperidine rings is 1. The van der Waals surface area contributed by atoms with Gasteiger partial charge in [0.2, 0.25) is 5.96 Å². The third-order valence-electron chi connectivity index (χ3n) is 4.14. The number of carbonyl (C=O) groups is 1. The topological polar surface area (TPSA) is 64.9 Å². The smallest absolute Gasteiger partial charge is 0.276 e. The number of hydrogen-bond donors (Lipinski definition) is 2. The van der Waals surface area contributed by atoms with Crippen molar-refractivity contribution < 1.29 is 9.90 Å². The van der Waals surface area contributed by atoms with Crippen LogP contribution in [0.1, 0.15) is 24.0 Å². The maximum absolute atomic E-state index is 12.1. The fourth-order valence-corrected chi connectivity index (χ4v) is 2.83. The second-order valence-corrected chi connectivity index (χ2v) is 5.97. The first-order valence-electron chi connectivity index (χ1n) is 7.70. The van der Waals surface area contributed by atoms with Crippen LogP contribution in [0.15, 0.2) is 35.0 Å². The molecule has 2 aliphatic rings. The van der Waals surface area contributed by atoms with Gasteiger partial charge in [-0.1, -0.05) is 29.8 Å². The van der Waals surface area contributed by atoms with Crippen molar-refractivity contribution in [2.24, 2.45) is 10.9 Å². The predicted molar refractivity (Wildman–Crippen MR) is 86.1 cm³/mol. The Balaban J connectivity index is 1.77. The molecule has 2 aliphatic heterocycles. The highest BCUT2D eigenvalue weighted by atomic mass is 16.3. The number of aliphatic imine (C=N–C) groups is 1. The largest absolute Gasteiger partial charge is 0.396 e. The summed E-state index contributed by atoms with van der Waals surface area (Å²) in [6.07, 6.45) is 3.84. The van der Waals surface area contributed by atoms with Gasteiger partial charge in [-0.15, -0.1) is 0 Å². The van der Waals surface area contributed by atoms with E-state index in [0.29, 0.717) is 11.7 Å². The number of amides is 1. The number of aliphatic hydroxyl groups is 1. The van der Waals surface area contributed by atoms with Crippen LogP contribution in [0.25, 0.3) is 6.08 Å². The second kappa shape index (κ2) is 6.32. The molecule has 2 heterocycles. The Morgan fingerprint density at radius 2 is 2.18 bits per heavy atom. The maximum atomic E-state index is 12.1. The van der Waals surface area contributed by atoms with Crippen LogP contribution in [0.2, 0.25) is 0 Å². The number of aliphatic hydroxyl groups excluding tert-OH is 1. The standard InChI is InChI=1S/C17H21N3O2/c1-12-4-6-13(7-5-12)9-15-16(22)19-17(18-15)20-8-2-3-14(10-20)11-21/h4-7,9,14,21H,2-3,8,10-11H2,1H3,(H,18,19,22)/b15-9+/t14-/m1/s1. The monoisotopic (exact) mass is 299 g/mol. The lowest BCUT2D eigenvalue weighted by atomic mass is 9.99. The van der Waals surface area contributed by atoms with Crippen molar-refractivity contribution in [1.29, 1.82) is 0 Å². The first-order valence-corrected chi connectivity index (χ1v) is 7.70. The number of nitrogens with one attached hydrogen (secondary N) is 1. The van der Waals surface area contributed by atoms with Gasteiger partial charge < -0.3 is 10.0 Å². The summed E-state index contributed by atoms with van der Waals surface area (Å²) >= 11 is 0. The van der Waals surface area contributed by atoms with E-state index in [1.54, 1.807) is 6.08 Å². The van der Waals surface area contributed by atoms with E-state index in [1.165, 1.54) is 5.56 Å². The molecule has 2 N–H and O–H groups in total. The molecular formula is C17H21N3O2. The number of carbonyl (C=O) groups excluding carboxylic acids is 1. The molecule has 0 unspecified atom stereocenters. The van der Waals surface area contributed by atoms with E-state index in [0.717, 1.165) is 31.5 Å². The van der Waals surface area contributed by atoms with Crippen molar-refractivity contribution in [3.8, 4) is 0 Å². The average molecular weight is 299 g/mol. The van der Waals surface area contributed by atoms with E-state index in [1.807, 2.05) is 31.2 Å². The van der Waals surface area contributed by atoms with E-state index in [9.17, 15) is 9.90 Å². The van der Waals surface area contributed by atoms with Crippen LogP contribution >= 0.6 is 0 Å². The Morgan fingerprint density at radius 3 is 2.91 bits per heavy atom. The summed E-state index contributed by atoms with van der Waals surface area (Å²) in [7, 11) is 0. The molecule has 0 aliphatic carbocycles. The molecule has 0 bridgehead atoms. The van der Waals surface area contributed by atoms with E-state index in [4.69, 9.17) is 0 Å². The fourth-order valence-electron chi connectivity index (χ4n) is 2.83. The molecule has 0 aromatic heterocycles. The lowest BCUT2D eigenvalue weighted by molar-refractivity contribution is -0.115. The summed E-state index contributed by atoms with van der Waals surface area (Å²) in [5.41, 5.74) is 2.59. The van der Waals surface area contributed by atoms with Crippen LogP contribution in [0.5, 0.6) is 0 Å². The van der Waals surface area contributed by atoms with Crippen LogP contribution in [0, 0.1) is 12.8 Å². The number of guanidine groups is 1. The Hall–Kier alpha value is -2.14. The molecule has 0 radical (unpaired) electrons. The molecule has 0 spiro atoms. The number of hydrogen-bond acceptors (Lipinski definition) is 4. The number of benzene rings is 1. The second-order valence-electron chi connectivity index (χ2n) is 5.97. The van der Waals surface area contributed by atoms with Gasteiger partial charge in [0.25, 0.3) is 5.91 Å². The van der Waals surface area contributed by atoms with Crippen molar-refractivity contribution in [3.05, 3.63) is 41.1 Å².